The minimum Gasteiger partial charge on any atom is -0.494 e. The standard InChI is InChI=1S/C23H27FN4O4S2/c1-3-31-17-9-6-10-18(13-17)34(29,30)19-14-25-23(33-19)28-22-26-15(2)20(24)21(27-22)32-12-11-16-7-4-5-8-16/h6,9-10,13-14,16H,3-5,7-8,11-12H2,1-2H3,(H,25,26,27,28). The Labute approximate surface area is 202 Å². The van der Waals surface area contributed by atoms with Gasteiger partial charge in [0, 0.05) is 0 Å². The molecule has 182 valence electrons. The van der Waals surface area contributed by atoms with Crippen LogP contribution >= 0.6 is 11.3 Å². The second kappa shape index (κ2) is 10.6. The lowest BCUT2D eigenvalue weighted by Gasteiger charge is -2.12. The molecule has 3 aromatic rings. The highest BCUT2D eigenvalue weighted by molar-refractivity contribution is 7.93. The summed E-state index contributed by atoms with van der Waals surface area (Å²) in [7, 11) is -3.78. The van der Waals surface area contributed by atoms with Crippen LogP contribution in [0.1, 0.15) is 44.7 Å². The van der Waals surface area contributed by atoms with E-state index < -0.39 is 15.7 Å². The van der Waals surface area contributed by atoms with Crippen LogP contribution in [0.25, 0.3) is 0 Å². The molecule has 0 spiro atoms. The van der Waals surface area contributed by atoms with E-state index in [1.165, 1.54) is 50.9 Å². The third-order valence-electron chi connectivity index (χ3n) is 5.62. The fourth-order valence-corrected chi connectivity index (χ4v) is 6.32. The number of halogens is 1. The number of benzene rings is 1. The Morgan fingerprint density at radius 1 is 1.21 bits per heavy atom. The van der Waals surface area contributed by atoms with Gasteiger partial charge in [-0.05, 0) is 44.4 Å². The van der Waals surface area contributed by atoms with Gasteiger partial charge in [0.15, 0.2) is 5.13 Å². The molecule has 0 amide bonds. The lowest BCUT2D eigenvalue weighted by atomic mass is 10.1. The summed E-state index contributed by atoms with van der Waals surface area (Å²) < 4.78 is 51.6. The Kier molecular flexibility index (Phi) is 7.62. The Morgan fingerprint density at radius 2 is 2.00 bits per heavy atom. The van der Waals surface area contributed by atoms with Crippen molar-refractivity contribution in [3.8, 4) is 11.6 Å². The summed E-state index contributed by atoms with van der Waals surface area (Å²) in [6.07, 6.45) is 6.99. The minimum absolute atomic E-state index is 0.0514. The predicted octanol–water partition coefficient (Wildman–Crippen LogP) is 5.31. The van der Waals surface area contributed by atoms with Gasteiger partial charge in [0.25, 0.3) is 5.88 Å². The van der Waals surface area contributed by atoms with Crippen molar-refractivity contribution in [2.24, 2.45) is 5.92 Å². The van der Waals surface area contributed by atoms with E-state index in [2.05, 4.69) is 20.3 Å². The molecule has 11 heteroatoms. The summed E-state index contributed by atoms with van der Waals surface area (Å²) in [5.74, 6) is 0.459. The molecular formula is C23H27FN4O4S2. The maximum absolute atomic E-state index is 14.5. The molecule has 2 heterocycles. The van der Waals surface area contributed by atoms with E-state index in [0.29, 0.717) is 24.9 Å². The number of thiazole rings is 1. The molecule has 2 aromatic heterocycles. The third kappa shape index (κ3) is 5.64. The van der Waals surface area contributed by atoms with Gasteiger partial charge in [-0.25, -0.2) is 18.4 Å². The first-order chi connectivity index (χ1) is 16.4. The quantitative estimate of drug-likeness (QED) is 0.394. The van der Waals surface area contributed by atoms with E-state index in [0.717, 1.165) is 17.8 Å². The Bertz CT molecular complexity index is 1240. The van der Waals surface area contributed by atoms with Crippen molar-refractivity contribution in [2.75, 3.05) is 18.5 Å². The molecule has 1 aliphatic rings. The largest absolute Gasteiger partial charge is 0.494 e. The summed E-state index contributed by atoms with van der Waals surface area (Å²) in [5, 5.41) is 3.14. The number of hydrogen-bond acceptors (Lipinski definition) is 9. The topological polar surface area (TPSA) is 103 Å². The number of rotatable bonds is 10. The molecule has 1 N–H and O–H groups in total. The number of aryl methyl sites for hydroxylation is 1. The smallest absolute Gasteiger partial charge is 0.255 e. The summed E-state index contributed by atoms with van der Waals surface area (Å²) in [4.78, 5) is 12.5. The first kappa shape index (κ1) is 24.3. The molecule has 1 aromatic carbocycles. The highest BCUT2D eigenvalue weighted by Crippen LogP contribution is 2.32. The number of nitrogens with one attached hydrogen (secondary N) is 1. The number of hydrogen-bond donors (Lipinski definition) is 1. The number of ether oxygens (including phenoxy) is 2. The zero-order chi connectivity index (χ0) is 24.1. The molecule has 1 saturated carbocycles. The zero-order valence-electron chi connectivity index (χ0n) is 19.1. The summed E-state index contributed by atoms with van der Waals surface area (Å²) >= 11 is 0.934. The van der Waals surface area contributed by atoms with E-state index >= 15 is 0 Å². The van der Waals surface area contributed by atoms with Crippen molar-refractivity contribution in [2.45, 2.75) is 55.1 Å². The van der Waals surface area contributed by atoms with Crippen LogP contribution in [-0.4, -0.2) is 36.6 Å². The fourth-order valence-electron chi connectivity index (χ4n) is 3.86. The lowest BCUT2D eigenvalue weighted by molar-refractivity contribution is 0.256. The Hall–Kier alpha value is -2.79. The lowest BCUT2D eigenvalue weighted by Crippen LogP contribution is -2.09. The van der Waals surface area contributed by atoms with Gasteiger partial charge in [-0.1, -0.05) is 43.1 Å². The average Bonchev–Trinajstić information content (AvgIpc) is 3.50. The SMILES string of the molecule is CCOc1cccc(S(=O)(=O)c2cnc(Nc3nc(C)c(F)c(OCCC4CCCC4)n3)s2)c1. The molecule has 0 aliphatic heterocycles. The zero-order valence-corrected chi connectivity index (χ0v) is 20.7. The molecule has 1 fully saturated rings. The Morgan fingerprint density at radius 3 is 2.76 bits per heavy atom. The molecular weight excluding hydrogens is 479 g/mol. The molecule has 34 heavy (non-hydrogen) atoms. The van der Waals surface area contributed by atoms with Crippen molar-refractivity contribution >= 4 is 32.3 Å². The van der Waals surface area contributed by atoms with Gasteiger partial charge in [0.2, 0.25) is 21.6 Å². The second-order valence-corrected chi connectivity index (χ2v) is 11.3. The van der Waals surface area contributed by atoms with Crippen LogP contribution < -0.4 is 14.8 Å². The molecule has 0 bridgehead atoms. The summed E-state index contributed by atoms with van der Waals surface area (Å²) in [5.41, 5.74) is 0.130. The number of nitrogens with zero attached hydrogens (tertiary/aromatic N) is 3. The van der Waals surface area contributed by atoms with Gasteiger partial charge in [-0.15, -0.1) is 0 Å². The second-order valence-electron chi connectivity index (χ2n) is 8.06. The molecule has 0 radical (unpaired) electrons. The van der Waals surface area contributed by atoms with Gasteiger partial charge >= 0.3 is 0 Å². The molecule has 4 rings (SSSR count). The number of aromatic nitrogens is 3. The van der Waals surface area contributed by atoms with E-state index in [9.17, 15) is 12.8 Å². The van der Waals surface area contributed by atoms with E-state index in [-0.39, 0.29) is 31.8 Å². The first-order valence-corrected chi connectivity index (χ1v) is 13.5. The van der Waals surface area contributed by atoms with Crippen molar-refractivity contribution in [1.29, 1.82) is 0 Å². The van der Waals surface area contributed by atoms with Crippen LogP contribution in [0, 0.1) is 18.7 Å². The normalized spacial score (nSPS) is 14.3. The van der Waals surface area contributed by atoms with Gasteiger partial charge in [-0.2, -0.15) is 9.37 Å². The maximum atomic E-state index is 14.5. The van der Waals surface area contributed by atoms with Gasteiger partial charge in [0.1, 0.15) is 9.96 Å². The molecule has 0 atom stereocenters. The summed E-state index contributed by atoms with van der Waals surface area (Å²) in [6.45, 7) is 4.17. The van der Waals surface area contributed by atoms with Crippen LogP contribution in [-0.2, 0) is 9.84 Å². The van der Waals surface area contributed by atoms with Crippen molar-refractivity contribution in [1.82, 2.24) is 15.0 Å². The predicted molar refractivity (Wildman–Crippen MR) is 127 cm³/mol. The fraction of sp³-hybridized carbons (Fsp3) is 0.435. The maximum Gasteiger partial charge on any atom is 0.255 e. The van der Waals surface area contributed by atoms with Crippen LogP contribution in [0.3, 0.4) is 0 Å². The molecule has 1 aliphatic carbocycles. The molecule has 8 nitrogen and oxygen atoms in total. The average molecular weight is 507 g/mol. The van der Waals surface area contributed by atoms with E-state index in [1.807, 2.05) is 6.92 Å². The van der Waals surface area contributed by atoms with Crippen molar-refractivity contribution in [3.63, 3.8) is 0 Å². The first-order valence-electron chi connectivity index (χ1n) is 11.2. The number of anilines is 2. The number of sulfone groups is 1. The van der Waals surface area contributed by atoms with E-state index in [1.54, 1.807) is 12.1 Å². The van der Waals surface area contributed by atoms with E-state index in [4.69, 9.17) is 9.47 Å². The van der Waals surface area contributed by atoms with Crippen LogP contribution in [0.2, 0.25) is 0 Å². The van der Waals surface area contributed by atoms with Gasteiger partial charge in [-0.3, -0.25) is 5.32 Å². The van der Waals surface area contributed by atoms with Crippen LogP contribution in [0.5, 0.6) is 11.6 Å². The Balaban J connectivity index is 1.48. The molecule has 0 unspecified atom stereocenters. The third-order valence-corrected chi connectivity index (χ3v) is 8.75. The minimum atomic E-state index is -3.78. The van der Waals surface area contributed by atoms with Crippen molar-refractivity contribution < 1.29 is 22.3 Å². The monoisotopic (exact) mass is 506 g/mol. The molecule has 0 saturated heterocycles. The van der Waals surface area contributed by atoms with Gasteiger partial charge < -0.3 is 9.47 Å². The van der Waals surface area contributed by atoms with Crippen LogP contribution in [0.15, 0.2) is 39.6 Å². The van der Waals surface area contributed by atoms with Crippen LogP contribution in [0.4, 0.5) is 15.5 Å². The highest BCUT2D eigenvalue weighted by Gasteiger charge is 2.23. The van der Waals surface area contributed by atoms with Crippen molar-refractivity contribution in [3.05, 3.63) is 42.0 Å². The summed E-state index contributed by atoms with van der Waals surface area (Å²) in [6, 6.07) is 6.31. The highest BCUT2D eigenvalue weighted by atomic mass is 32.2. The van der Waals surface area contributed by atoms with Gasteiger partial charge in [0.05, 0.1) is 30.0 Å².